The zero-order valence-electron chi connectivity index (χ0n) is 19.4. The molecule has 6 nitrogen and oxygen atoms in total. The summed E-state index contributed by atoms with van der Waals surface area (Å²) in [5, 5.41) is 4.36. The number of benzene rings is 2. The lowest BCUT2D eigenvalue weighted by atomic mass is 10.0. The van der Waals surface area contributed by atoms with Crippen molar-refractivity contribution in [3.63, 3.8) is 0 Å². The van der Waals surface area contributed by atoms with Crippen molar-refractivity contribution in [1.82, 2.24) is 10.1 Å². The molecule has 1 amide bonds. The van der Waals surface area contributed by atoms with Gasteiger partial charge in [0.2, 0.25) is 5.88 Å². The highest BCUT2D eigenvalue weighted by molar-refractivity contribution is 5.94. The van der Waals surface area contributed by atoms with Gasteiger partial charge in [-0.1, -0.05) is 29.8 Å². The van der Waals surface area contributed by atoms with E-state index in [1.807, 2.05) is 43.0 Å². The molecule has 0 unspecified atom stereocenters. The van der Waals surface area contributed by atoms with Gasteiger partial charge in [-0.25, -0.2) is 4.39 Å². The second-order valence-corrected chi connectivity index (χ2v) is 8.48. The fraction of sp³-hybridized carbons (Fsp3) is 0.385. The van der Waals surface area contributed by atoms with Crippen molar-refractivity contribution < 1.29 is 18.4 Å². The molecule has 1 saturated heterocycles. The highest BCUT2D eigenvalue weighted by Gasteiger charge is 2.29. The second kappa shape index (κ2) is 10.2. The van der Waals surface area contributed by atoms with Crippen molar-refractivity contribution in [2.75, 3.05) is 31.2 Å². The van der Waals surface area contributed by atoms with Gasteiger partial charge in [-0.2, -0.15) is 0 Å². The first kappa shape index (κ1) is 23.0. The summed E-state index contributed by atoms with van der Waals surface area (Å²) in [6.45, 7) is 9.02. The third-order valence-corrected chi connectivity index (χ3v) is 6.19. The molecule has 7 heteroatoms. The number of aryl methyl sites for hydroxylation is 1. The molecule has 2 aromatic carbocycles. The van der Waals surface area contributed by atoms with Crippen LogP contribution in [0.1, 0.15) is 41.8 Å². The number of hydrogen-bond acceptors (Lipinski definition) is 5. The van der Waals surface area contributed by atoms with E-state index in [2.05, 4.69) is 17.0 Å². The molecule has 0 radical (unpaired) electrons. The van der Waals surface area contributed by atoms with E-state index in [1.54, 1.807) is 12.1 Å². The molecule has 0 spiro atoms. The minimum absolute atomic E-state index is 0.00677. The summed E-state index contributed by atoms with van der Waals surface area (Å²) in [4.78, 5) is 17.5. The average Bonchev–Trinajstić information content (AvgIpc) is 3.26. The number of anilines is 1. The predicted molar refractivity (Wildman–Crippen MR) is 126 cm³/mol. The normalized spacial score (nSPS) is 14.8. The third-order valence-electron chi connectivity index (χ3n) is 6.19. The molecule has 3 aromatic rings. The Labute approximate surface area is 193 Å². The van der Waals surface area contributed by atoms with Crippen LogP contribution in [-0.2, 0) is 11.3 Å². The molecule has 1 fully saturated rings. The number of ether oxygens (including phenoxy) is 1. The largest absolute Gasteiger partial charge is 0.378 e. The van der Waals surface area contributed by atoms with E-state index in [4.69, 9.17) is 9.26 Å². The van der Waals surface area contributed by atoms with Crippen molar-refractivity contribution in [3.8, 4) is 11.3 Å². The van der Waals surface area contributed by atoms with Crippen molar-refractivity contribution in [2.45, 2.75) is 39.8 Å². The summed E-state index contributed by atoms with van der Waals surface area (Å²) in [6, 6.07) is 13.8. The molecule has 1 aromatic heterocycles. The van der Waals surface area contributed by atoms with Gasteiger partial charge in [0.25, 0.3) is 5.91 Å². The molecule has 0 bridgehead atoms. The van der Waals surface area contributed by atoms with Gasteiger partial charge in [-0.05, 0) is 56.7 Å². The van der Waals surface area contributed by atoms with E-state index in [-0.39, 0.29) is 17.8 Å². The van der Waals surface area contributed by atoms with Crippen molar-refractivity contribution in [1.29, 1.82) is 0 Å². The summed E-state index contributed by atoms with van der Waals surface area (Å²) < 4.78 is 24.9. The Hall–Kier alpha value is -3.19. The Kier molecular flexibility index (Phi) is 7.08. The van der Waals surface area contributed by atoms with Crippen LogP contribution in [0.25, 0.3) is 11.3 Å². The third kappa shape index (κ3) is 5.09. The molecule has 33 heavy (non-hydrogen) atoms. The van der Waals surface area contributed by atoms with Crippen molar-refractivity contribution in [2.24, 2.45) is 0 Å². The van der Waals surface area contributed by atoms with Gasteiger partial charge < -0.3 is 19.1 Å². The minimum atomic E-state index is -0.312. The molecule has 0 aliphatic carbocycles. The summed E-state index contributed by atoms with van der Waals surface area (Å²) in [5.74, 6) is 0.291. The Morgan fingerprint density at radius 2 is 1.79 bits per heavy atom. The van der Waals surface area contributed by atoms with E-state index in [9.17, 15) is 9.18 Å². The molecule has 174 valence electrons. The molecular weight excluding hydrogens is 421 g/mol. The van der Waals surface area contributed by atoms with Gasteiger partial charge in [0.1, 0.15) is 11.5 Å². The number of carbonyl (C=O) groups is 1. The van der Waals surface area contributed by atoms with Crippen molar-refractivity contribution >= 4 is 11.8 Å². The van der Waals surface area contributed by atoms with Gasteiger partial charge in [0, 0.05) is 30.3 Å². The van der Waals surface area contributed by atoms with E-state index in [0.29, 0.717) is 50.0 Å². The molecule has 1 aliphatic rings. The monoisotopic (exact) mass is 451 g/mol. The van der Waals surface area contributed by atoms with Gasteiger partial charge in [-0.15, -0.1) is 0 Å². The molecule has 1 aliphatic heterocycles. The Morgan fingerprint density at radius 3 is 2.42 bits per heavy atom. The van der Waals surface area contributed by atoms with Gasteiger partial charge in [0.05, 0.1) is 25.3 Å². The van der Waals surface area contributed by atoms with Crippen LogP contribution in [0.2, 0.25) is 0 Å². The van der Waals surface area contributed by atoms with Crippen LogP contribution >= 0.6 is 0 Å². The van der Waals surface area contributed by atoms with E-state index in [0.717, 1.165) is 23.1 Å². The first-order chi connectivity index (χ1) is 16.0. The lowest BCUT2D eigenvalue weighted by molar-refractivity contribution is 0.0671. The summed E-state index contributed by atoms with van der Waals surface area (Å²) in [5.41, 5.74) is 3.95. The van der Waals surface area contributed by atoms with Crippen LogP contribution in [-0.4, -0.2) is 48.3 Å². The SMILES string of the molecule is CC[C@@H](C)N(Cc1c(-c2ccc(F)cc2)noc1N1CCOCC1)C(=O)c1ccc(C)cc1. The standard InChI is InChI=1S/C26H30FN3O3/c1-4-19(3)30(25(31)21-7-5-18(2)6-8-21)17-23-24(20-9-11-22(27)12-10-20)28-33-26(23)29-13-15-32-16-14-29/h5-12,19H,4,13-17H2,1-3H3/t19-/m1/s1. The molecule has 1 atom stereocenters. The van der Waals surface area contributed by atoms with Crippen LogP contribution < -0.4 is 4.90 Å². The lowest BCUT2D eigenvalue weighted by Crippen LogP contribution is -2.39. The van der Waals surface area contributed by atoms with E-state index >= 15 is 0 Å². The highest BCUT2D eigenvalue weighted by atomic mass is 19.1. The first-order valence-electron chi connectivity index (χ1n) is 11.4. The van der Waals surface area contributed by atoms with Crippen LogP contribution in [0.4, 0.5) is 10.3 Å². The molecular formula is C26H30FN3O3. The maximum atomic E-state index is 13.6. The van der Waals surface area contributed by atoms with Gasteiger partial charge >= 0.3 is 0 Å². The Morgan fingerprint density at radius 1 is 1.12 bits per heavy atom. The molecule has 2 heterocycles. The fourth-order valence-corrected chi connectivity index (χ4v) is 3.97. The molecule has 4 rings (SSSR count). The summed E-state index contributed by atoms with van der Waals surface area (Å²) >= 11 is 0. The highest BCUT2D eigenvalue weighted by Crippen LogP contribution is 2.34. The maximum absolute atomic E-state index is 13.6. The number of rotatable bonds is 7. The smallest absolute Gasteiger partial charge is 0.254 e. The number of morpholine rings is 1. The maximum Gasteiger partial charge on any atom is 0.254 e. The number of carbonyl (C=O) groups excluding carboxylic acids is 1. The molecule has 0 saturated carbocycles. The fourth-order valence-electron chi connectivity index (χ4n) is 3.97. The number of halogens is 1. The van der Waals surface area contributed by atoms with Crippen LogP contribution in [0.3, 0.4) is 0 Å². The average molecular weight is 452 g/mol. The quantitative estimate of drug-likeness (QED) is 0.502. The van der Waals surface area contributed by atoms with Crippen LogP contribution in [0.15, 0.2) is 53.1 Å². The predicted octanol–water partition coefficient (Wildman–Crippen LogP) is 5.07. The van der Waals surface area contributed by atoms with Crippen molar-refractivity contribution in [3.05, 3.63) is 71.0 Å². The molecule has 0 N–H and O–H groups in total. The van der Waals surface area contributed by atoms with Crippen LogP contribution in [0, 0.1) is 12.7 Å². The van der Waals surface area contributed by atoms with E-state index in [1.165, 1.54) is 12.1 Å². The number of hydrogen-bond donors (Lipinski definition) is 0. The summed E-state index contributed by atoms with van der Waals surface area (Å²) in [6.07, 6.45) is 0.807. The zero-order chi connectivity index (χ0) is 23.4. The Balaban J connectivity index is 1.74. The number of amides is 1. The second-order valence-electron chi connectivity index (χ2n) is 8.48. The zero-order valence-corrected chi connectivity index (χ0v) is 19.4. The van der Waals surface area contributed by atoms with E-state index < -0.39 is 0 Å². The summed E-state index contributed by atoms with van der Waals surface area (Å²) in [7, 11) is 0. The Bertz CT molecular complexity index is 1070. The van der Waals surface area contributed by atoms with Crippen LogP contribution in [0.5, 0.6) is 0 Å². The number of nitrogens with zero attached hydrogens (tertiary/aromatic N) is 3. The lowest BCUT2D eigenvalue weighted by Gasteiger charge is -2.31. The number of aromatic nitrogens is 1. The first-order valence-corrected chi connectivity index (χ1v) is 11.4. The topological polar surface area (TPSA) is 58.8 Å². The minimum Gasteiger partial charge on any atom is -0.378 e. The van der Waals surface area contributed by atoms with Gasteiger partial charge in [0.15, 0.2) is 0 Å². The van der Waals surface area contributed by atoms with Gasteiger partial charge in [-0.3, -0.25) is 4.79 Å².